The van der Waals surface area contributed by atoms with E-state index in [2.05, 4.69) is 21.1 Å². The maximum absolute atomic E-state index is 11.5. The highest BCUT2D eigenvalue weighted by Crippen LogP contribution is 2.20. The molecule has 25 heavy (non-hydrogen) atoms. The first-order valence-electron chi connectivity index (χ1n) is 7.61. The number of rotatable bonds is 8. The van der Waals surface area contributed by atoms with Gasteiger partial charge in [0.1, 0.15) is 11.3 Å². The molecule has 0 aromatic carbocycles. The summed E-state index contributed by atoms with van der Waals surface area (Å²) in [6.07, 6.45) is 4.31. The molecule has 0 aliphatic heterocycles. The van der Waals surface area contributed by atoms with E-state index in [1.54, 1.807) is 32.9 Å². The molecule has 9 nitrogen and oxygen atoms in total. The van der Waals surface area contributed by atoms with Crippen molar-refractivity contribution < 1.29 is 24.3 Å². The van der Waals surface area contributed by atoms with E-state index in [1.165, 1.54) is 19.4 Å². The highest BCUT2D eigenvalue weighted by Gasteiger charge is 2.15. The molecular weight excluding hydrogens is 328 g/mol. The number of ether oxygens (including phenoxy) is 1. The maximum Gasteiger partial charge on any atom is 0.407 e. The Labute approximate surface area is 146 Å². The number of nitrogens with one attached hydrogen (secondary N) is 3. The van der Waals surface area contributed by atoms with Crippen LogP contribution in [0.2, 0.25) is 0 Å². The van der Waals surface area contributed by atoms with Crippen LogP contribution in [0.3, 0.4) is 0 Å². The topological polar surface area (TPSA) is 122 Å². The molecule has 0 atom stereocenters. The Balaban J connectivity index is 2.47. The van der Waals surface area contributed by atoms with E-state index in [9.17, 15) is 9.59 Å². The van der Waals surface area contributed by atoms with Crippen molar-refractivity contribution in [2.45, 2.75) is 26.4 Å². The molecule has 0 aliphatic carbocycles. The van der Waals surface area contributed by atoms with Crippen LogP contribution < -0.4 is 16.1 Å². The van der Waals surface area contributed by atoms with Crippen molar-refractivity contribution in [1.82, 2.24) is 10.3 Å². The summed E-state index contributed by atoms with van der Waals surface area (Å²) in [5, 5.41) is 14.6. The SMILES string of the molecule is CONc1cc(C(=O)O)cnc1NC/C=C/CNC(=O)OC(C)(C)C. The number of anilines is 2. The number of hydrogen-bond acceptors (Lipinski definition) is 7. The number of aromatic carboxylic acids is 1. The molecule has 0 fully saturated rings. The van der Waals surface area contributed by atoms with Crippen LogP contribution in [0, 0.1) is 0 Å². The van der Waals surface area contributed by atoms with Gasteiger partial charge in [0, 0.05) is 19.3 Å². The molecule has 0 bridgehead atoms. The van der Waals surface area contributed by atoms with E-state index in [1.807, 2.05) is 0 Å². The molecule has 0 spiro atoms. The molecule has 9 heteroatoms. The Morgan fingerprint density at radius 2 is 1.96 bits per heavy atom. The minimum absolute atomic E-state index is 0.0437. The smallest absolute Gasteiger partial charge is 0.407 e. The Hall–Kier alpha value is -2.81. The first-order chi connectivity index (χ1) is 11.7. The highest BCUT2D eigenvalue weighted by atomic mass is 16.6. The van der Waals surface area contributed by atoms with Gasteiger partial charge in [0.05, 0.1) is 12.7 Å². The zero-order valence-corrected chi connectivity index (χ0v) is 14.8. The molecule has 0 saturated carbocycles. The Kier molecular flexibility index (Phi) is 7.67. The largest absolute Gasteiger partial charge is 0.478 e. The second kappa shape index (κ2) is 9.48. The van der Waals surface area contributed by atoms with Gasteiger partial charge in [0.2, 0.25) is 0 Å². The van der Waals surface area contributed by atoms with E-state index in [-0.39, 0.29) is 5.56 Å². The van der Waals surface area contributed by atoms with Crippen molar-refractivity contribution in [3.8, 4) is 0 Å². The summed E-state index contributed by atoms with van der Waals surface area (Å²) in [5.74, 6) is -0.636. The van der Waals surface area contributed by atoms with Crippen LogP contribution in [0.1, 0.15) is 31.1 Å². The van der Waals surface area contributed by atoms with Gasteiger partial charge in [-0.25, -0.2) is 14.6 Å². The van der Waals surface area contributed by atoms with E-state index >= 15 is 0 Å². The van der Waals surface area contributed by atoms with Gasteiger partial charge in [-0.2, -0.15) is 0 Å². The molecule has 4 N–H and O–H groups in total. The number of alkyl carbamates (subject to hydrolysis) is 1. The van der Waals surface area contributed by atoms with Crippen LogP contribution in [0.4, 0.5) is 16.3 Å². The average molecular weight is 352 g/mol. The second-order valence-electron chi connectivity index (χ2n) is 5.97. The summed E-state index contributed by atoms with van der Waals surface area (Å²) < 4.78 is 5.11. The number of carbonyl (C=O) groups excluding carboxylic acids is 1. The molecule has 1 amide bonds. The maximum atomic E-state index is 11.5. The van der Waals surface area contributed by atoms with Gasteiger partial charge in [-0.15, -0.1) is 0 Å². The zero-order chi connectivity index (χ0) is 18.9. The van der Waals surface area contributed by atoms with Crippen molar-refractivity contribution in [3.05, 3.63) is 30.0 Å². The second-order valence-corrected chi connectivity index (χ2v) is 5.97. The molecule has 1 rings (SSSR count). The number of carbonyl (C=O) groups is 2. The van der Waals surface area contributed by atoms with Crippen molar-refractivity contribution in [3.63, 3.8) is 0 Å². The van der Waals surface area contributed by atoms with Crippen LogP contribution in [-0.2, 0) is 9.57 Å². The lowest BCUT2D eigenvalue weighted by atomic mass is 10.2. The minimum Gasteiger partial charge on any atom is -0.478 e. The van der Waals surface area contributed by atoms with Crippen molar-refractivity contribution in [2.75, 3.05) is 31.0 Å². The van der Waals surface area contributed by atoms with E-state index in [0.717, 1.165) is 0 Å². The fraction of sp³-hybridized carbons (Fsp3) is 0.438. The standard InChI is InChI=1S/C16H24N4O5/c1-16(2,3)25-15(23)18-8-6-5-7-17-13-12(20-24-4)9-11(10-19-13)14(21)22/h5-6,9-10,20H,7-8H2,1-4H3,(H,17,19)(H,18,23)(H,21,22)/b6-5+. The number of carboxylic acids is 1. The third kappa shape index (κ3) is 8.02. The number of pyridine rings is 1. The molecule has 0 saturated heterocycles. The van der Waals surface area contributed by atoms with Gasteiger partial charge >= 0.3 is 12.1 Å². The van der Waals surface area contributed by atoms with E-state index in [4.69, 9.17) is 14.7 Å². The monoisotopic (exact) mass is 352 g/mol. The molecule has 1 aromatic heterocycles. The van der Waals surface area contributed by atoms with Crippen LogP contribution in [0.25, 0.3) is 0 Å². The van der Waals surface area contributed by atoms with Gasteiger partial charge in [-0.05, 0) is 26.8 Å². The molecule has 1 heterocycles. The number of nitrogens with zero attached hydrogens (tertiary/aromatic N) is 1. The highest BCUT2D eigenvalue weighted by molar-refractivity contribution is 5.89. The predicted octanol–water partition coefficient (Wildman–Crippen LogP) is 2.25. The lowest BCUT2D eigenvalue weighted by Crippen LogP contribution is -2.32. The summed E-state index contributed by atoms with van der Waals surface area (Å²) in [6.45, 7) is 6.13. The van der Waals surface area contributed by atoms with Gasteiger partial charge in [0.15, 0.2) is 5.82 Å². The zero-order valence-electron chi connectivity index (χ0n) is 14.8. The summed E-state index contributed by atoms with van der Waals surface area (Å²) in [5.41, 5.74) is 2.49. The quantitative estimate of drug-likeness (QED) is 0.415. The van der Waals surface area contributed by atoms with E-state index in [0.29, 0.717) is 24.6 Å². The van der Waals surface area contributed by atoms with Crippen molar-refractivity contribution >= 4 is 23.6 Å². The third-order valence-electron chi connectivity index (χ3n) is 2.66. The summed E-state index contributed by atoms with van der Waals surface area (Å²) >= 11 is 0. The molecule has 138 valence electrons. The Morgan fingerprint density at radius 3 is 2.56 bits per heavy atom. The molecule has 0 aliphatic rings. The molecule has 0 radical (unpaired) electrons. The van der Waals surface area contributed by atoms with Gasteiger partial charge < -0.3 is 20.5 Å². The summed E-state index contributed by atoms with van der Waals surface area (Å²) in [4.78, 5) is 31.3. The summed E-state index contributed by atoms with van der Waals surface area (Å²) in [6, 6.07) is 1.41. The van der Waals surface area contributed by atoms with Gasteiger partial charge in [-0.3, -0.25) is 10.3 Å². The number of carboxylic acid groups (broad SMARTS) is 1. The fourth-order valence-corrected chi connectivity index (χ4v) is 1.69. The molecular formula is C16H24N4O5. The van der Waals surface area contributed by atoms with E-state index < -0.39 is 17.7 Å². The van der Waals surface area contributed by atoms with Gasteiger partial charge in [0.25, 0.3) is 0 Å². The van der Waals surface area contributed by atoms with Crippen molar-refractivity contribution in [2.24, 2.45) is 0 Å². The number of hydrogen-bond donors (Lipinski definition) is 4. The lowest BCUT2D eigenvalue weighted by molar-refractivity contribution is 0.0533. The van der Waals surface area contributed by atoms with Crippen LogP contribution in [0.5, 0.6) is 0 Å². The average Bonchev–Trinajstić information content (AvgIpc) is 2.50. The van der Waals surface area contributed by atoms with Gasteiger partial charge in [-0.1, -0.05) is 12.2 Å². The molecule has 0 unspecified atom stereocenters. The normalized spacial score (nSPS) is 11.2. The predicted molar refractivity (Wildman–Crippen MR) is 93.7 cm³/mol. The summed E-state index contributed by atoms with van der Waals surface area (Å²) in [7, 11) is 1.42. The minimum atomic E-state index is -1.08. The van der Waals surface area contributed by atoms with Crippen molar-refractivity contribution in [1.29, 1.82) is 0 Å². The molecule has 1 aromatic rings. The fourth-order valence-electron chi connectivity index (χ4n) is 1.69. The lowest BCUT2D eigenvalue weighted by Gasteiger charge is -2.19. The Morgan fingerprint density at radius 1 is 1.28 bits per heavy atom. The van der Waals surface area contributed by atoms with Crippen LogP contribution in [-0.4, -0.2) is 48.0 Å². The van der Waals surface area contributed by atoms with Crippen LogP contribution in [0.15, 0.2) is 24.4 Å². The Bertz CT molecular complexity index is 625. The van der Waals surface area contributed by atoms with Crippen LogP contribution >= 0.6 is 0 Å². The number of amides is 1. The third-order valence-corrected chi connectivity index (χ3v) is 2.66. The number of aromatic nitrogens is 1. The first kappa shape index (κ1) is 20.2. The first-order valence-corrected chi connectivity index (χ1v) is 7.61.